The molecule has 0 radical (unpaired) electrons. The number of hydrogen-bond donors (Lipinski definition) is 2. The second-order valence-electron chi connectivity index (χ2n) is 4.18. The predicted octanol–water partition coefficient (Wildman–Crippen LogP) is 1.08. The number of piperidine rings is 1. The normalized spacial score (nSPS) is 27.3. The van der Waals surface area contributed by atoms with Gasteiger partial charge in [0.05, 0.1) is 0 Å². The Hall–Kier alpha value is -0.280. The number of amides is 1. The molecule has 3 nitrogen and oxygen atoms in total. The highest BCUT2D eigenvalue weighted by atomic mass is 35.5. The third kappa shape index (κ3) is 2.85. The van der Waals surface area contributed by atoms with Gasteiger partial charge < -0.3 is 10.6 Å². The molecule has 1 saturated heterocycles. The summed E-state index contributed by atoms with van der Waals surface area (Å²) in [6.45, 7) is 2.06. The van der Waals surface area contributed by atoms with Crippen molar-refractivity contribution in [2.24, 2.45) is 5.92 Å². The van der Waals surface area contributed by atoms with Gasteiger partial charge in [0.15, 0.2) is 0 Å². The van der Waals surface area contributed by atoms with Gasteiger partial charge in [0.2, 0.25) is 5.91 Å². The molecule has 1 heterocycles. The van der Waals surface area contributed by atoms with Crippen LogP contribution >= 0.6 is 12.4 Å². The van der Waals surface area contributed by atoms with E-state index in [1.54, 1.807) is 0 Å². The summed E-state index contributed by atoms with van der Waals surface area (Å²) in [4.78, 5) is 11.6. The standard InChI is InChI=1S/C10H18N2O.ClH/c13-10(8-3-1-4-8)12-9-5-2-6-11-7-9;/h8-9,11H,1-7H2,(H,12,13);1H/t9-;/m1./s1. The largest absolute Gasteiger partial charge is 0.352 e. The summed E-state index contributed by atoms with van der Waals surface area (Å²) in [6, 6.07) is 0.391. The average Bonchev–Trinajstić information content (AvgIpc) is 2.02. The third-order valence-electron chi connectivity index (χ3n) is 3.12. The molecule has 82 valence electrons. The van der Waals surface area contributed by atoms with Crippen LogP contribution < -0.4 is 10.6 Å². The zero-order chi connectivity index (χ0) is 9.10. The lowest BCUT2D eigenvalue weighted by Crippen LogP contribution is -2.48. The van der Waals surface area contributed by atoms with Gasteiger partial charge in [-0.2, -0.15) is 0 Å². The summed E-state index contributed by atoms with van der Waals surface area (Å²) in [5.41, 5.74) is 0. The van der Waals surface area contributed by atoms with Crippen LogP contribution in [-0.2, 0) is 4.79 Å². The van der Waals surface area contributed by atoms with Gasteiger partial charge in [-0.05, 0) is 32.2 Å². The summed E-state index contributed by atoms with van der Waals surface area (Å²) in [5.74, 6) is 0.627. The Labute approximate surface area is 91.4 Å². The van der Waals surface area contributed by atoms with Gasteiger partial charge >= 0.3 is 0 Å². The van der Waals surface area contributed by atoms with Crippen molar-refractivity contribution in [3.63, 3.8) is 0 Å². The van der Waals surface area contributed by atoms with Crippen molar-refractivity contribution < 1.29 is 4.79 Å². The van der Waals surface area contributed by atoms with Gasteiger partial charge in [0.1, 0.15) is 0 Å². The summed E-state index contributed by atoms with van der Waals surface area (Å²) in [5, 5.41) is 6.42. The number of hydrogen-bond acceptors (Lipinski definition) is 2. The van der Waals surface area contributed by atoms with Gasteiger partial charge in [0, 0.05) is 18.5 Å². The highest BCUT2D eigenvalue weighted by molar-refractivity contribution is 5.85. The smallest absolute Gasteiger partial charge is 0.223 e. The Bertz CT molecular complexity index is 189. The molecule has 2 aliphatic rings. The molecule has 2 rings (SSSR count). The molecule has 14 heavy (non-hydrogen) atoms. The molecule has 2 N–H and O–H groups in total. The molecule has 1 amide bonds. The Kier molecular flexibility index (Phi) is 4.69. The molecule has 1 saturated carbocycles. The van der Waals surface area contributed by atoms with Crippen molar-refractivity contribution in [2.75, 3.05) is 13.1 Å². The van der Waals surface area contributed by atoms with E-state index in [2.05, 4.69) is 10.6 Å². The molecule has 2 fully saturated rings. The second kappa shape index (κ2) is 5.56. The minimum absolute atomic E-state index is 0. The second-order valence-corrected chi connectivity index (χ2v) is 4.18. The first kappa shape index (κ1) is 11.8. The monoisotopic (exact) mass is 218 g/mol. The zero-order valence-electron chi connectivity index (χ0n) is 8.42. The molecule has 0 aromatic heterocycles. The zero-order valence-corrected chi connectivity index (χ0v) is 9.24. The number of carbonyl (C=O) groups is 1. The van der Waals surface area contributed by atoms with Crippen LogP contribution in [0.25, 0.3) is 0 Å². The molecule has 0 unspecified atom stereocenters. The van der Waals surface area contributed by atoms with Crippen LogP contribution in [0.2, 0.25) is 0 Å². The molecule has 1 aliphatic carbocycles. The third-order valence-corrected chi connectivity index (χ3v) is 3.12. The van der Waals surface area contributed by atoms with Crippen LogP contribution in [0.4, 0.5) is 0 Å². The Morgan fingerprint density at radius 2 is 2.00 bits per heavy atom. The fourth-order valence-electron chi connectivity index (χ4n) is 1.96. The van der Waals surface area contributed by atoms with Crippen LogP contribution in [0.3, 0.4) is 0 Å². The first-order chi connectivity index (χ1) is 6.36. The van der Waals surface area contributed by atoms with E-state index in [1.807, 2.05) is 0 Å². The summed E-state index contributed by atoms with van der Waals surface area (Å²) < 4.78 is 0. The number of nitrogens with one attached hydrogen (secondary N) is 2. The average molecular weight is 219 g/mol. The molecule has 0 aromatic carbocycles. The molecule has 1 aliphatic heterocycles. The van der Waals surface area contributed by atoms with E-state index in [1.165, 1.54) is 12.8 Å². The molecular weight excluding hydrogens is 200 g/mol. The van der Waals surface area contributed by atoms with E-state index in [0.29, 0.717) is 17.9 Å². The van der Waals surface area contributed by atoms with Crippen LogP contribution in [-0.4, -0.2) is 25.0 Å². The van der Waals surface area contributed by atoms with Crippen molar-refractivity contribution in [3.8, 4) is 0 Å². The van der Waals surface area contributed by atoms with E-state index in [4.69, 9.17) is 0 Å². The van der Waals surface area contributed by atoms with E-state index in [0.717, 1.165) is 32.4 Å². The van der Waals surface area contributed by atoms with Crippen molar-refractivity contribution in [2.45, 2.75) is 38.1 Å². The first-order valence-electron chi connectivity index (χ1n) is 5.37. The predicted molar refractivity (Wildman–Crippen MR) is 58.6 cm³/mol. The van der Waals surface area contributed by atoms with Crippen molar-refractivity contribution in [1.82, 2.24) is 10.6 Å². The van der Waals surface area contributed by atoms with Crippen LogP contribution in [0.1, 0.15) is 32.1 Å². The molecule has 0 aromatic rings. The SMILES string of the molecule is Cl.O=C(N[C@@H]1CCCNC1)C1CCC1. The Morgan fingerprint density at radius 3 is 2.50 bits per heavy atom. The molecule has 0 spiro atoms. The number of rotatable bonds is 2. The van der Waals surface area contributed by atoms with Crippen LogP contribution in [0, 0.1) is 5.92 Å². The fraction of sp³-hybridized carbons (Fsp3) is 0.900. The summed E-state index contributed by atoms with van der Waals surface area (Å²) in [6.07, 6.45) is 5.78. The van der Waals surface area contributed by atoms with Gasteiger partial charge in [-0.3, -0.25) is 4.79 Å². The van der Waals surface area contributed by atoms with Gasteiger partial charge in [-0.15, -0.1) is 12.4 Å². The van der Waals surface area contributed by atoms with Crippen molar-refractivity contribution >= 4 is 18.3 Å². The topological polar surface area (TPSA) is 41.1 Å². The first-order valence-corrected chi connectivity index (χ1v) is 5.37. The minimum atomic E-state index is 0. The maximum atomic E-state index is 11.6. The lowest BCUT2D eigenvalue weighted by atomic mass is 9.84. The fourth-order valence-corrected chi connectivity index (χ4v) is 1.96. The van der Waals surface area contributed by atoms with Gasteiger partial charge in [0.25, 0.3) is 0 Å². The van der Waals surface area contributed by atoms with E-state index in [-0.39, 0.29) is 12.4 Å². The Morgan fingerprint density at radius 1 is 1.21 bits per heavy atom. The quantitative estimate of drug-likeness (QED) is 0.728. The highest BCUT2D eigenvalue weighted by Crippen LogP contribution is 2.26. The van der Waals surface area contributed by atoms with Crippen molar-refractivity contribution in [3.05, 3.63) is 0 Å². The lowest BCUT2D eigenvalue weighted by Gasteiger charge is -2.29. The maximum absolute atomic E-state index is 11.6. The summed E-state index contributed by atoms with van der Waals surface area (Å²) in [7, 11) is 0. The Balaban J connectivity index is 0.000000980. The van der Waals surface area contributed by atoms with Crippen LogP contribution in [0.15, 0.2) is 0 Å². The van der Waals surface area contributed by atoms with Crippen molar-refractivity contribution in [1.29, 1.82) is 0 Å². The van der Waals surface area contributed by atoms with Gasteiger partial charge in [-0.25, -0.2) is 0 Å². The molecule has 4 heteroatoms. The molecule has 1 atom stereocenters. The maximum Gasteiger partial charge on any atom is 0.223 e. The lowest BCUT2D eigenvalue weighted by molar-refractivity contribution is -0.128. The molecular formula is C10H19ClN2O. The highest BCUT2D eigenvalue weighted by Gasteiger charge is 2.27. The van der Waals surface area contributed by atoms with E-state index < -0.39 is 0 Å². The molecule has 0 bridgehead atoms. The minimum Gasteiger partial charge on any atom is -0.352 e. The van der Waals surface area contributed by atoms with Gasteiger partial charge in [-0.1, -0.05) is 6.42 Å². The summed E-state index contributed by atoms with van der Waals surface area (Å²) >= 11 is 0. The van der Waals surface area contributed by atoms with E-state index >= 15 is 0 Å². The number of halogens is 1. The number of carbonyl (C=O) groups excluding carboxylic acids is 1. The van der Waals surface area contributed by atoms with E-state index in [9.17, 15) is 4.79 Å². The van der Waals surface area contributed by atoms with Crippen LogP contribution in [0.5, 0.6) is 0 Å².